The molecule has 0 aliphatic heterocycles. The third-order valence-corrected chi connectivity index (χ3v) is 10.1. The van der Waals surface area contributed by atoms with Gasteiger partial charge < -0.3 is 9.47 Å². The lowest BCUT2D eigenvalue weighted by Gasteiger charge is -2.28. The van der Waals surface area contributed by atoms with E-state index in [0.717, 1.165) is 11.4 Å². The molecule has 6 aromatic carbocycles. The molecular weight excluding hydrogens is 593 g/mol. The average Bonchev–Trinajstić information content (AvgIpc) is 3.58. The fourth-order valence-corrected chi connectivity index (χ4v) is 7.38. The fourth-order valence-electron chi connectivity index (χ4n) is 7.38. The molecule has 2 heteroatoms. The summed E-state index contributed by atoms with van der Waals surface area (Å²) in [6, 6.07) is 52.9. The zero-order chi connectivity index (χ0) is 34.1. The van der Waals surface area contributed by atoms with Crippen molar-refractivity contribution in [2.24, 2.45) is 0 Å². The molecule has 0 spiro atoms. The first-order valence-electron chi connectivity index (χ1n) is 17.5. The predicted octanol–water partition coefficient (Wildman–Crippen LogP) is 13.6. The maximum Gasteiger partial charge on any atom is 0.0541 e. The Balaban J connectivity index is 0.00000186. The number of fused-ring (bicyclic) bond motifs is 4. The maximum absolute atomic E-state index is 2.39. The van der Waals surface area contributed by atoms with Crippen LogP contribution in [0, 0.1) is 0 Å². The summed E-state index contributed by atoms with van der Waals surface area (Å²) in [6.45, 7) is 13.1. The van der Waals surface area contributed by atoms with Crippen LogP contribution in [-0.2, 0) is 5.41 Å². The average molecular weight is 637 g/mol. The van der Waals surface area contributed by atoms with Crippen LogP contribution in [0.3, 0.4) is 0 Å². The lowest BCUT2D eigenvalue weighted by atomic mass is 9.82. The molecule has 0 fully saturated rings. The van der Waals surface area contributed by atoms with Gasteiger partial charge in [0.15, 0.2) is 0 Å². The highest BCUT2D eigenvalue weighted by atomic mass is 15.1. The molecule has 0 amide bonds. The lowest BCUT2D eigenvalue weighted by Crippen LogP contribution is -2.17. The summed E-state index contributed by atoms with van der Waals surface area (Å²) in [5, 5.41) is 2.56. The third kappa shape index (κ3) is 5.48. The monoisotopic (exact) mass is 636 g/mol. The minimum atomic E-state index is -0.0300. The Kier molecular flexibility index (Phi) is 8.57. The van der Waals surface area contributed by atoms with Crippen LogP contribution >= 0.6 is 0 Å². The van der Waals surface area contributed by atoms with Gasteiger partial charge in [-0.2, -0.15) is 0 Å². The van der Waals surface area contributed by atoms with E-state index in [-0.39, 0.29) is 5.41 Å². The highest BCUT2D eigenvalue weighted by Gasteiger charge is 2.35. The van der Waals surface area contributed by atoms with Crippen LogP contribution in [-0.4, -0.2) is 4.57 Å². The van der Waals surface area contributed by atoms with E-state index < -0.39 is 0 Å². The van der Waals surface area contributed by atoms with Crippen LogP contribution in [0.25, 0.3) is 44.2 Å². The Hall–Kier alpha value is -5.60. The first-order valence-corrected chi connectivity index (χ1v) is 17.5. The van der Waals surface area contributed by atoms with Crippen molar-refractivity contribution >= 4 is 44.4 Å². The van der Waals surface area contributed by atoms with Gasteiger partial charge in [0.05, 0.1) is 11.0 Å². The number of aromatic nitrogens is 1. The van der Waals surface area contributed by atoms with E-state index in [1.54, 1.807) is 0 Å². The Morgan fingerprint density at radius 2 is 1.08 bits per heavy atom. The van der Waals surface area contributed by atoms with Crippen molar-refractivity contribution in [3.63, 3.8) is 0 Å². The van der Waals surface area contributed by atoms with Crippen LogP contribution in [0.4, 0.5) is 17.1 Å². The summed E-state index contributed by atoms with van der Waals surface area (Å²) in [5.41, 5.74) is 14.9. The Labute approximate surface area is 291 Å². The van der Waals surface area contributed by atoms with E-state index in [4.69, 9.17) is 0 Å². The molecule has 1 aromatic heterocycles. The number of para-hydroxylation sites is 3. The van der Waals surface area contributed by atoms with Gasteiger partial charge >= 0.3 is 0 Å². The van der Waals surface area contributed by atoms with E-state index in [0.29, 0.717) is 0 Å². The number of hydrogen-bond acceptors (Lipinski definition) is 1. The maximum atomic E-state index is 2.39. The van der Waals surface area contributed by atoms with Crippen molar-refractivity contribution in [3.05, 3.63) is 174 Å². The predicted molar refractivity (Wildman–Crippen MR) is 213 cm³/mol. The second kappa shape index (κ2) is 13.1. The molecule has 0 saturated heterocycles. The second-order valence-corrected chi connectivity index (χ2v) is 13.0. The zero-order valence-electron chi connectivity index (χ0n) is 29.4. The van der Waals surface area contributed by atoms with Crippen molar-refractivity contribution in [2.45, 2.75) is 47.0 Å². The molecule has 7 aromatic rings. The number of allylic oxidation sites excluding steroid dienone is 4. The number of hydrogen-bond donors (Lipinski definition) is 0. The van der Waals surface area contributed by atoms with Crippen molar-refractivity contribution in [1.82, 2.24) is 4.57 Å². The summed E-state index contributed by atoms with van der Waals surface area (Å²) in [7, 11) is 0. The molecule has 49 heavy (non-hydrogen) atoms. The summed E-state index contributed by atoms with van der Waals surface area (Å²) >= 11 is 0. The molecule has 0 bridgehead atoms. The van der Waals surface area contributed by atoms with Crippen molar-refractivity contribution in [1.29, 1.82) is 0 Å². The van der Waals surface area contributed by atoms with E-state index >= 15 is 0 Å². The minimum absolute atomic E-state index is 0.0300. The van der Waals surface area contributed by atoms with Crippen molar-refractivity contribution < 1.29 is 0 Å². The van der Waals surface area contributed by atoms with Gasteiger partial charge in [-0.05, 0) is 102 Å². The topological polar surface area (TPSA) is 8.17 Å². The van der Waals surface area contributed by atoms with Crippen LogP contribution in [0.5, 0.6) is 0 Å². The van der Waals surface area contributed by atoms with Gasteiger partial charge in [-0.3, -0.25) is 0 Å². The second-order valence-electron chi connectivity index (χ2n) is 13.0. The van der Waals surface area contributed by atoms with Crippen LogP contribution < -0.4 is 4.90 Å². The smallest absolute Gasteiger partial charge is 0.0541 e. The molecule has 242 valence electrons. The first-order chi connectivity index (χ1) is 24.0. The zero-order valence-corrected chi connectivity index (χ0v) is 29.4. The van der Waals surface area contributed by atoms with Crippen LogP contribution in [0.1, 0.15) is 52.7 Å². The lowest BCUT2D eigenvalue weighted by molar-refractivity contribution is 0.639. The van der Waals surface area contributed by atoms with Gasteiger partial charge in [-0.1, -0.05) is 130 Å². The SMILES string of the molecule is C/C=C\C1=C(C)C(C)(C)c2cc(N(c3ccccc3)c3ccc(-c4ccc(-n5c6ccccc6c6ccccc65)cc4)cc3)ccc21.CC. The molecule has 0 radical (unpaired) electrons. The molecule has 2 nitrogen and oxygen atoms in total. The molecule has 1 aliphatic rings. The van der Waals surface area contributed by atoms with Crippen LogP contribution in [0.15, 0.2) is 163 Å². The Morgan fingerprint density at radius 1 is 0.571 bits per heavy atom. The molecule has 0 saturated carbocycles. The number of benzene rings is 6. The Bertz CT molecular complexity index is 2260. The standard InChI is InChI=1S/C45H38N2.C2H6/c1-5-13-38-31(2)45(3,4)42-30-37(28-29-39(38)42)46(34-14-7-6-8-15-34)35-24-20-32(21-25-35)33-22-26-36(27-23-33)47-43-18-11-9-16-40(43)41-17-10-12-19-44(41)47;1-2/h5-30H,1-4H3;1-2H3/b13-5-;. The molecule has 0 unspecified atom stereocenters. The summed E-state index contributed by atoms with van der Waals surface area (Å²) in [4.78, 5) is 2.37. The van der Waals surface area contributed by atoms with Crippen LogP contribution in [0.2, 0.25) is 0 Å². The third-order valence-electron chi connectivity index (χ3n) is 10.1. The molecule has 1 aliphatic carbocycles. The normalized spacial score (nSPS) is 13.5. The largest absolute Gasteiger partial charge is 0.310 e. The van der Waals surface area contributed by atoms with Crippen molar-refractivity contribution in [3.8, 4) is 16.8 Å². The Morgan fingerprint density at radius 3 is 1.67 bits per heavy atom. The van der Waals surface area contributed by atoms with E-state index in [9.17, 15) is 0 Å². The van der Waals surface area contributed by atoms with Gasteiger partial charge in [0.1, 0.15) is 0 Å². The number of anilines is 3. The van der Waals surface area contributed by atoms with Crippen molar-refractivity contribution in [2.75, 3.05) is 4.90 Å². The summed E-state index contributed by atoms with van der Waals surface area (Å²) in [6.07, 6.45) is 4.40. The molecule has 8 rings (SSSR count). The van der Waals surface area contributed by atoms with Gasteiger partial charge in [0.2, 0.25) is 0 Å². The van der Waals surface area contributed by atoms with E-state index in [1.807, 2.05) is 13.8 Å². The van der Waals surface area contributed by atoms with Gasteiger partial charge in [0, 0.05) is 38.9 Å². The molecular formula is C47H44N2. The van der Waals surface area contributed by atoms with Gasteiger partial charge in [-0.15, -0.1) is 0 Å². The summed E-state index contributed by atoms with van der Waals surface area (Å²) in [5.74, 6) is 0. The summed E-state index contributed by atoms with van der Waals surface area (Å²) < 4.78 is 2.37. The fraction of sp³-hybridized carbons (Fsp3) is 0.149. The van der Waals surface area contributed by atoms with Gasteiger partial charge in [0.25, 0.3) is 0 Å². The quantitative estimate of drug-likeness (QED) is 0.176. The first kappa shape index (κ1) is 32.0. The van der Waals surface area contributed by atoms with E-state index in [2.05, 4.69) is 195 Å². The molecule has 0 atom stereocenters. The highest BCUT2D eigenvalue weighted by Crippen LogP contribution is 2.49. The molecule has 0 N–H and O–H groups in total. The number of rotatable bonds is 6. The van der Waals surface area contributed by atoms with E-state index in [1.165, 1.54) is 66.6 Å². The van der Waals surface area contributed by atoms with Gasteiger partial charge in [-0.25, -0.2) is 0 Å². The minimum Gasteiger partial charge on any atom is -0.310 e. The highest BCUT2D eigenvalue weighted by molar-refractivity contribution is 6.09. The molecule has 1 heterocycles. The number of nitrogens with zero attached hydrogens (tertiary/aromatic N) is 2.